The number of ether oxygens (including phenoxy) is 1. The van der Waals surface area contributed by atoms with Gasteiger partial charge in [0.1, 0.15) is 36.3 Å². The minimum absolute atomic E-state index is 0.0259. The van der Waals surface area contributed by atoms with Crippen LogP contribution in [0.15, 0.2) is 12.7 Å². The molecule has 25 nitrogen and oxygen atoms in total. The van der Waals surface area contributed by atoms with Crippen LogP contribution in [-0.2, 0) is 50.7 Å². The van der Waals surface area contributed by atoms with Crippen molar-refractivity contribution < 1.29 is 85.6 Å². The van der Waals surface area contributed by atoms with Crippen LogP contribution in [0, 0.1) is 11.3 Å². The Bertz CT molecular complexity index is 1780. The van der Waals surface area contributed by atoms with Gasteiger partial charge in [0, 0.05) is 36.6 Å². The summed E-state index contributed by atoms with van der Waals surface area (Å²) >= 11 is 0.943. The van der Waals surface area contributed by atoms with E-state index in [1.165, 1.54) is 13.8 Å². The number of nitrogens with two attached hydrogens (primary N) is 1. The number of nitrogen functional groups attached to an aromatic ring is 1. The van der Waals surface area contributed by atoms with Crippen molar-refractivity contribution in [1.82, 2.24) is 30.2 Å². The van der Waals surface area contributed by atoms with Crippen molar-refractivity contribution in [2.45, 2.75) is 57.8 Å². The lowest BCUT2D eigenvalue weighted by Gasteiger charge is -2.30. The van der Waals surface area contributed by atoms with Crippen LogP contribution in [0.4, 0.5) is 5.82 Å². The topological polar surface area (TPSA) is 384 Å². The molecule has 0 bridgehead atoms. The van der Waals surface area contributed by atoms with Gasteiger partial charge in [0.2, 0.25) is 11.8 Å². The fourth-order valence-corrected chi connectivity index (χ4v) is 8.09. The molecule has 2 amide bonds. The van der Waals surface area contributed by atoms with Crippen molar-refractivity contribution in [3.05, 3.63) is 12.7 Å². The van der Waals surface area contributed by atoms with E-state index < -0.39 is 90.5 Å². The van der Waals surface area contributed by atoms with E-state index in [0.29, 0.717) is 0 Å². The van der Waals surface area contributed by atoms with Crippen molar-refractivity contribution in [2.24, 2.45) is 11.3 Å². The first-order valence-corrected chi connectivity index (χ1v) is 21.1. The number of carbonyl (C=O) groups is 3. The Morgan fingerprint density at radius 2 is 1.74 bits per heavy atom. The average Bonchev–Trinajstić information content (AvgIpc) is 3.64. The van der Waals surface area contributed by atoms with Crippen molar-refractivity contribution in [1.29, 1.82) is 0 Å². The fourth-order valence-electron chi connectivity index (χ4n) is 4.50. The first-order valence-electron chi connectivity index (χ1n) is 15.6. The van der Waals surface area contributed by atoms with Crippen molar-refractivity contribution in [3.63, 3.8) is 0 Å². The molecule has 8 atom stereocenters. The molecule has 0 saturated carbocycles. The molecule has 54 heavy (non-hydrogen) atoms. The molecule has 0 aliphatic carbocycles. The standard InChI is InChI=1S/C25H42N7O18P3S/c1-13(8-33)24(38)54-7-6-27-15(34)4-5-28-22(37)19(36)25(2,3)10-47-53(44,45)50-52(42,43)46-9-14-18(49-51(39,40)41)17(35)23(48-14)32-12-31-16-20(26)29-11-30-21(16)32/h11-14,17-19,23,33,35-36H,4-10H2,1-3H3,(H,27,34)(H,28,37)(H,42,43)(H,44,45)(H2,26,29,30)(H2,39,40,41)/t13?,14-,17-,18-,19+,23-/m1/s1. The van der Waals surface area contributed by atoms with Crippen LogP contribution in [0.5, 0.6) is 0 Å². The SMILES string of the molecule is CC(CO)C(=O)SCCNC(=O)CCNC(=O)[C@H](O)C(C)(C)COP(=O)(O)OP(=O)(O)OC[C@H]1O[C@@H](n2cnc3c(N)ncnc32)[C@H](O)[C@@H]1OP(=O)(O)O. The Hall–Kier alpha value is -2.48. The van der Waals surface area contributed by atoms with E-state index in [2.05, 4.69) is 34.4 Å². The normalized spacial score (nSPS) is 22.6. The molecule has 0 aromatic carbocycles. The zero-order valence-electron chi connectivity index (χ0n) is 28.8. The van der Waals surface area contributed by atoms with Gasteiger partial charge in [0.05, 0.1) is 26.1 Å². The summed E-state index contributed by atoms with van der Waals surface area (Å²) < 4.78 is 61.9. The molecule has 2 aromatic rings. The van der Waals surface area contributed by atoms with Gasteiger partial charge in [-0.2, -0.15) is 4.31 Å². The number of aliphatic hydroxyl groups excluding tert-OH is 3. The van der Waals surface area contributed by atoms with Crippen LogP contribution in [0.3, 0.4) is 0 Å². The molecule has 3 rings (SSSR count). The quantitative estimate of drug-likeness (QED) is 0.0494. The van der Waals surface area contributed by atoms with E-state index >= 15 is 0 Å². The first kappa shape index (κ1) is 45.9. The molecule has 3 unspecified atom stereocenters. The highest BCUT2D eigenvalue weighted by Gasteiger charge is 2.50. The summed E-state index contributed by atoms with van der Waals surface area (Å²) in [5.74, 6) is -1.80. The smallest absolute Gasteiger partial charge is 0.396 e. The monoisotopic (exact) mass is 853 g/mol. The fraction of sp³-hybridized carbons (Fsp3) is 0.680. The number of thioether (sulfide) groups is 1. The molecular formula is C25H42N7O18P3S. The zero-order chi connectivity index (χ0) is 40.6. The molecule has 1 saturated heterocycles. The van der Waals surface area contributed by atoms with Crippen LogP contribution in [0.25, 0.3) is 11.2 Å². The summed E-state index contributed by atoms with van der Waals surface area (Å²) in [5.41, 5.74) is 4.23. The highest BCUT2D eigenvalue weighted by Crippen LogP contribution is 2.61. The van der Waals surface area contributed by atoms with Crippen LogP contribution in [-0.4, -0.2) is 134 Å². The summed E-state index contributed by atoms with van der Waals surface area (Å²) in [6.45, 7) is 1.62. The van der Waals surface area contributed by atoms with Gasteiger partial charge in [-0.3, -0.25) is 32.5 Å². The maximum Gasteiger partial charge on any atom is 0.481 e. The highest BCUT2D eigenvalue weighted by atomic mass is 32.2. The molecule has 11 N–H and O–H groups in total. The number of carbonyl (C=O) groups excluding carboxylic acids is 3. The second kappa shape index (κ2) is 19.1. The van der Waals surface area contributed by atoms with E-state index in [9.17, 15) is 57.9 Å². The predicted octanol–water partition coefficient (Wildman–Crippen LogP) is -1.71. The number of rotatable bonds is 21. The summed E-state index contributed by atoms with van der Waals surface area (Å²) in [6, 6.07) is 0. The van der Waals surface area contributed by atoms with Gasteiger partial charge < -0.3 is 56.0 Å². The van der Waals surface area contributed by atoms with Crippen LogP contribution in [0.2, 0.25) is 0 Å². The minimum atomic E-state index is -5.57. The molecule has 1 fully saturated rings. The van der Waals surface area contributed by atoms with E-state index in [1.54, 1.807) is 6.92 Å². The van der Waals surface area contributed by atoms with Gasteiger partial charge in [-0.05, 0) is 0 Å². The molecule has 0 spiro atoms. The summed E-state index contributed by atoms with van der Waals surface area (Å²) in [4.78, 5) is 87.0. The number of anilines is 1. The Morgan fingerprint density at radius 3 is 2.39 bits per heavy atom. The van der Waals surface area contributed by atoms with Crippen LogP contribution < -0.4 is 16.4 Å². The molecule has 1 aliphatic rings. The van der Waals surface area contributed by atoms with E-state index in [4.69, 9.17) is 24.6 Å². The van der Waals surface area contributed by atoms with Gasteiger partial charge in [0.15, 0.2) is 22.8 Å². The van der Waals surface area contributed by atoms with E-state index in [-0.39, 0.29) is 54.0 Å². The largest absolute Gasteiger partial charge is 0.481 e. The number of imidazole rings is 1. The zero-order valence-corrected chi connectivity index (χ0v) is 32.3. The van der Waals surface area contributed by atoms with Gasteiger partial charge in [-0.1, -0.05) is 32.5 Å². The predicted molar refractivity (Wildman–Crippen MR) is 183 cm³/mol. The molecule has 0 radical (unpaired) electrons. The minimum Gasteiger partial charge on any atom is -0.396 e. The lowest BCUT2D eigenvalue weighted by Crippen LogP contribution is -2.46. The molecule has 1 aliphatic heterocycles. The van der Waals surface area contributed by atoms with Crippen LogP contribution >= 0.6 is 35.2 Å². The Balaban J connectivity index is 1.51. The lowest BCUT2D eigenvalue weighted by molar-refractivity contribution is -0.137. The summed E-state index contributed by atoms with van der Waals surface area (Å²) in [7, 11) is -16.4. The van der Waals surface area contributed by atoms with E-state index in [0.717, 1.165) is 29.0 Å². The third-order valence-electron chi connectivity index (χ3n) is 7.42. The summed E-state index contributed by atoms with van der Waals surface area (Å²) in [5, 5.41) is 35.0. The Morgan fingerprint density at radius 1 is 1.07 bits per heavy atom. The number of aliphatic hydroxyl groups is 3. The number of phosphoric ester groups is 3. The third-order valence-corrected chi connectivity index (χ3v) is 11.6. The lowest BCUT2D eigenvalue weighted by atomic mass is 9.87. The number of hydrogen-bond donors (Lipinski definition) is 10. The van der Waals surface area contributed by atoms with E-state index in [1.807, 2.05) is 0 Å². The molecule has 29 heteroatoms. The number of aromatic nitrogens is 4. The number of hydrogen-bond acceptors (Lipinski definition) is 19. The molecule has 3 heterocycles. The maximum absolute atomic E-state index is 12.6. The summed E-state index contributed by atoms with van der Waals surface area (Å²) in [6.07, 6.45) is -6.99. The van der Waals surface area contributed by atoms with Gasteiger partial charge in [0.25, 0.3) is 0 Å². The van der Waals surface area contributed by atoms with Crippen molar-refractivity contribution in [2.75, 3.05) is 44.4 Å². The molecular weight excluding hydrogens is 811 g/mol. The second-order valence-corrected chi connectivity index (χ2v) is 17.7. The number of nitrogens with zero attached hydrogens (tertiary/aromatic N) is 4. The number of amides is 2. The number of fused-ring (bicyclic) bond motifs is 1. The number of phosphoric acid groups is 3. The van der Waals surface area contributed by atoms with Gasteiger partial charge in [-0.15, -0.1) is 0 Å². The molecule has 2 aromatic heterocycles. The average molecular weight is 854 g/mol. The van der Waals surface area contributed by atoms with Crippen LogP contribution in [0.1, 0.15) is 33.4 Å². The van der Waals surface area contributed by atoms with Gasteiger partial charge >= 0.3 is 23.5 Å². The first-order chi connectivity index (χ1) is 25.0. The Labute approximate surface area is 310 Å². The van der Waals surface area contributed by atoms with Crippen molar-refractivity contribution >= 4 is 69.1 Å². The second-order valence-electron chi connectivity index (χ2n) is 12.3. The third kappa shape index (κ3) is 13.3. The highest BCUT2D eigenvalue weighted by molar-refractivity contribution is 8.13. The number of nitrogens with one attached hydrogen (secondary N) is 2. The van der Waals surface area contributed by atoms with Crippen molar-refractivity contribution in [3.8, 4) is 0 Å². The van der Waals surface area contributed by atoms with Gasteiger partial charge in [-0.25, -0.2) is 28.6 Å². The Kier molecular flexibility index (Phi) is 16.2. The molecule has 306 valence electrons. The maximum atomic E-state index is 12.6.